The van der Waals surface area contributed by atoms with E-state index in [1.54, 1.807) is 0 Å². The van der Waals surface area contributed by atoms with Crippen LogP contribution in [0.25, 0.3) is 0 Å². The first-order chi connectivity index (χ1) is 11.1. The molecule has 0 aliphatic carbocycles. The van der Waals surface area contributed by atoms with Gasteiger partial charge in [-0.25, -0.2) is 0 Å². The Balaban J connectivity index is 0.00000156. The van der Waals surface area contributed by atoms with E-state index < -0.39 is 0 Å². The average molecular weight is 398 g/mol. The molecule has 6 nitrogen and oxygen atoms in total. The van der Waals surface area contributed by atoms with Gasteiger partial charge in [0.15, 0.2) is 0 Å². The summed E-state index contributed by atoms with van der Waals surface area (Å²) in [6, 6.07) is -0.138. The molecular weight excluding hydrogens is 365 g/mol. The number of amides is 1. The van der Waals surface area contributed by atoms with Crippen molar-refractivity contribution in [2.75, 3.05) is 52.5 Å². The molecule has 3 aliphatic rings. The zero-order valence-corrected chi connectivity index (χ0v) is 16.9. The molecule has 0 aromatic heterocycles. The van der Waals surface area contributed by atoms with E-state index in [4.69, 9.17) is 9.47 Å². The van der Waals surface area contributed by atoms with Gasteiger partial charge in [0.05, 0.1) is 25.4 Å². The summed E-state index contributed by atoms with van der Waals surface area (Å²) >= 11 is 0. The average Bonchev–Trinajstić information content (AvgIpc) is 2.55. The van der Waals surface area contributed by atoms with Crippen LogP contribution >= 0.6 is 24.8 Å². The minimum atomic E-state index is -0.138. The van der Waals surface area contributed by atoms with Crippen LogP contribution in [-0.2, 0) is 14.3 Å². The van der Waals surface area contributed by atoms with Crippen LogP contribution < -0.4 is 5.32 Å². The molecule has 3 unspecified atom stereocenters. The van der Waals surface area contributed by atoms with Gasteiger partial charge in [-0.15, -0.1) is 24.8 Å². The summed E-state index contributed by atoms with van der Waals surface area (Å²) in [6.07, 6.45) is 2.88. The molecule has 0 aromatic rings. The molecule has 3 fully saturated rings. The van der Waals surface area contributed by atoms with Crippen molar-refractivity contribution in [3.63, 3.8) is 0 Å². The molecule has 0 bridgehead atoms. The summed E-state index contributed by atoms with van der Waals surface area (Å²) in [7, 11) is 0. The maximum absolute atomic E-state index is 12.5. The van der Waals surface area contributed by atoms with Crippen LogP contribution in [0.5, 0.6) is 0 Å². The van der Waals surface area contributed by atoms with Gasteiger partial charge >= 0.3 is 0 Å². The third-order valence-electron chi connectivity index (χ3n) is 5.16. The number of morpholine rings is 2. The highest BCUT2D eigenvalue weighted by atomic mass is 35.5. The van der Waals surface area contributed by atoms with Crippen LogP contribution in [0.2, 0.25) is 0 Å². The van der Waals surface area contributed by atoms with E-state index in [0.717, 1.165) is 52.1 Å². The molecule has 3 rings (SSSR count). The van der Waals surface area contributed by atoms with Crippen molar-refractivity contribution in [3.8, 4) is 0 Å². The monoisotopic (exact) mass is 397 g/mol. The first-order valence-corrected chi connectivity index (χ1v) is 9.09. The number of rotatable bonds is 3. The Hall–Kier alpha value is -0.110. The lowest BCUT2D eigenvalue weighted by Gasteiger charge is -2.40. The van der Waals surface area contributed by atoms with Crippen molar-refractivity contribution < 1.29 is 14.3 Å². The maximum Gasteiger partial charge on any atom is 0.242 e. The number of halogens is 2. The minimum absolute atomic E-state index is 0. The van der Waals surface area contributed by atoms with Crippen molar-refractivity contribution in [1.29, 1.82) is 0 Å². The second-order valence-corrected chi connectivity index (χ2v) is 7.33. The number of carbonyl (C=O) groups is 1. The van der Waals surface area contributed by atoms with E-state index in [2.05, 4.69) is 24.1 Å². The fourth-order valence-electron chi connectivity index (χ4n) is 4.08. The van der Waals surface area contributed by atoms with Crippen molar-refractivity contribution in [2.24, 2.45) is 5.92 Å². The van der Waals surface area contributed by atoms with Gasteiger partial charge in [-0.2, -0.15) is 0 Å². The summed E-state index contributed by atoms with van der Waals surface area (Å²) in [5, 5.41) is 3.26. The Morgan fingerprint density at radius 1 is 1.12 bits per heavy atom. The Morgan fingerprint density at radius 2 is 1.76 bits per heavy atom. The molecule has 0 saturated carbocycles. The molecule has 0 spiro atoms. The van der Waals surface area contributed by atoms with Crippen molar-refractivity contribution in [2.45, 2.75) is 44.9 Å². The van der Waals surface area contributed by atoms with Gasteiger partial charge in [-0.3, -0.25) is 9.69 Å². The largest absolute Gasteiger partial charge is 0.378 e. The zero-order chi connectivity index (χ0) is 16.2. The Kier molecular flexibility index (Phi) is 10.00. The van der Waals surface area contributed by atoms with Crippen molar-refractivity contribution in [3.05, 3.63) is 0 Å². The lowest BCUT2D eigenvalue weighted by atomic mass is 9.95. The molecule has 3 atom stereocenters. The van der Waals surface area contributed by atoms with Crippen molar-refractivity contribution in [1.82, 2.24) is 15.1 Å². The SMILES string of the molecule is CC1CN(CC2CCN(C(=O)C3COCCN3)CC2)CC(C)O1.Cl.Cl. The molecule has 3 heterocycles. The second kappa shape index (κ2) is 10.9. The summed E-state index contributed by atoms with van der Waals surface area (Å²) in [4.78, 5) is 17.1. The lowest BCUT2D eigenvalue weighted by molar-refractivity contribution is -0.138. The predicted molar refractivity (Wildman–Crippen MR) is 103 cm³/mol. The van der Waals surface area contributed by atoms with Crippen LogP contribution in [0.1, 0.15) is 26.7 Å². The van der Waals surface area contributed by atoms with E-state index in [0.29, 0.717) is 31.3 Å². The highest BCUT2D eigenvalue weighted by Crippen LogP contribution is 2.21. The van der Waals surface area contributed by atoms with Gasteiger partial charge in [-0.1, -0.05) is 0 Å². The number of ether oxygens (including phenoxy) is 2. The third-order valence-corrected chi connectivity index (χ3v) is 5.16. The maximum atomic E-state index is 12.5. The molecule has 148 valence electrons. The first-order valence-electron chi connectivity index (χ1n) is 9.09. The first kappa shape index (κ1) is 22.9. The van der Waals surface area contributed by atoms with Gasteiger partial charge in [0.25, 0.3) is 0 Å². The molecule has 3 aliphatic heterocycles. The Bertz CT molecular complexity index is 393. The predicted octanol–water partition coefficient (Wildman–Crippen LogP) is 1.17. The van der Waals surface area contributed by atoms with Gasteiger partial charge in [0.1, 0.15) is 6.04 Å². The van der Waals surface area contributed by atoms with Gasteiger partial charge < -0.3 is 19.7 Å². The van der Waals surface area contributed by atoms with Crippen LogP contribution in [0, 0.1) is 5.92 Å². The van der Waals surface area contributed by atoms with Crippen LogP contribution in [-0.4, -0.2) is 86.4 Å². The van der Waals surface area contributed by atoms with Crippen molar-refractivity contribution >= 4 is 30.7 Å². The number of nitrogens with zero attached hydrogens (tertiary/aromatic N) is 2. The minimum Gasteiger partial charge on any atom is -0.378 e. The topological polar surface area (TPSA) is 54.0 Å². The second-order valence-electron chi connectivity index (χ2n) is 7.33. The quantitative estimate of drug-likeness (QED) is 0.774. The number of likely N-dealkylation sites (tertiary alicyclic amines) is 1. The lowest BCUT2D eigenvalue weighted by Crippen LogP contribution is -2.54. The normalized spacial score (nSPS) is 31.8. The molecule has 3 saturated heterocycles. The summed E-state index contributed by atoms with van der Waals surface area (Å²) in [5.74, 6) is 0.920. The number of nitrogens with one attached hydrogen (secondary N) is 1. The van der Waals surface area contributed by atoms with E-state index in [1.165, 1.54) is 0 Å². The molecule has 0 aromatic carbocycles. The molecule has 1 amide bonds. The number of hydrogen-bond acceptors (Lipinski definition) is 5. The molecule has 25 heavy (non-hydrogen) atoms. The van der Waals surface area contributed by atoms with E-state index in [1.807, 2.05) is 4.90 Å². The highest BCUT2D eigenvalue weighted by Gasteiger charge is 2.31. The zero-order valence-electron chi connectivity index (χ0n) is 15.3. The third kappa shape index (κ3) is 6.52. The fourth-order valence-corrected chi connectivity index (χ4v) is 4.08. The van der Waals surface area contributed by atoms with E-state index in [-0.39, 0.29) is 36.8 Å². The highest BCUT2D eigenvalue weighted by molar-refractivity contribution is 5.85. The van der Waals surface area contributed by atoms with Gasteiger partial charge in [0.2, 0.25) is 5.91 Å². The van der Waals surface area contributed by atoms with Gasteiger partial charge in [0, 0.05) is 39.3 Å². The molecule has 8 heteroatoms. The Labute approximate surface area is 163 Å². The van der Waals surface area contributed by atoms with Crippen LogP contribution in [0.3, 0.4) is 0 Å². The number of hydrogen-bond donors (Lipinski definition) is 1. The molecule has 1 N–H and O–H groups in total. The number of carbonyl (C=O) groups excluding carboxylic acids is 1. The Morgan fingerprint density at radius 3 is 2.32 bits per heavy atom. The smallest absolute Gasteiger partial charge is 0.242 e. The van der Waals surface area contributed by atoms with Gasteiger partial charge in [-0.05, 0) is 32.6 Å². The van der Waals surface area contributed by atoms with E-state index >= 15 is 0 Å². The molecule has 0 radical (unpaired) electrons. The summed E-state index contributed by atoms with van der Waals surface area (Å²) in [6.45, 7) is 11.3. The summed E-state index contributed by atoms with van der Waals surface area (Å²) in [5.41, 5.74) is 0. The van der Waals surface area contributed by atoms with E-state index in [9.17, 15) is 4.79 Å². The standard InChI is InChI=1S/C17H31N3O3.2ClH/c1-13-9-19(10-14(2)23-13)11-15-3-6-20(7-4-15)17(21)16-12-22-8-5-18-16;;/h13-16,18H,3-12H2,1-2H3;2*1H. The summed E-state index contributed by atoms with van der Waals surface area (Å²) < 4.78 is 11.2. The molecular formula is C17H33Cl2N3O3. The van der Waals surface area contributed by atoms with Crippen LogP contribution in [0.4, 0.5) is 0 Å². The number of piperidine rings is 1. The fraction of sp³-hybridized carbons (Fsp3) is 0.941. The van der Waals surface area contributed by atoms with Crippen LogP contribution in [0.15, 0.2) is 0 Å².